The van der Waals surface area contributed by atoms with Crippen LogP contribution in [0.2, 0.25) is 0 Å². The SMILES string of the molecule is C=C(COC)COc1cccc(F)c1F. The quantitative estimate of drug-likeness (QED) is 0.701. The maximum Gasteiger partial charge on any atom is 0.200 e. The minimum absolute atomic E-state index is 0.105. The second-order valence-corrected chi connectivity index (χ2v) is 3.02. The average molecular weight is 214 g/mol. The molecule has 0 aliphatic carbocycles. The molecule has 82 valence electrons. The first kappa shape index (κ1) is 11.7. The van der Waals surface area contributed by atoms with Crippen molar-refractivity contribution in [3.05, 3.63) is 42.0 Å². The predicted molar refractivity (Wildman–Crippen MR) is 52.9 cm³/mol. The molecule has 1 aromatic carbocycles. The molecule has 1 aromatic rings. The first-order chi connectivity index (χ1) is 7.15. The molecule has 0 atom stereocenters. The van der Waals surface area contributed by atoms with Crippen molar-refractivity contribution >= 4 is 0 Å². The molecule has 0 aromatic heterocycles. The van der Waals surface area contributed by atoms with Crippen LogP contribution in [0.4, 0.5) is 8.78 Å². The van der Waals surface area contributed by atoms with E-state index < -0.39 is 11.6 Å². The third kappa shape index (κ3) is 3.32. The molecule has 0 heterocycles. The number of hydrogen-bond donors (Lipinski definition) is 0. The van der Waals surface area contributed by atoms with Crippen LogP contribution in [-0.2, 0) is 4.74 Å². The van der Waals surface area contributed by atoms with Crippen molar-refractivity contribution in [2.45, 2.75) is 0 Å². The van der Waals surface area contributed by atoms with Crippen LogP contribution in [0.1, 0.15) is 0 Å². The van der Waals surface area contributed by atoms with E-state index in [0.717, 1.165) is 6.07 Å². The van der Waals surface area contributed by atoms with Gasteiger partial charge in [0.05, 0.1) is 6.61 Å². The van der Waals surface area contributed by atoms with Crippen LogP contribution in [0, 0.1) is 11.6 Å². The third-order valence-electron chi connectivity index (χ3n) is 1.70. The summed E-state index contributed by atoms with van der Waals surface area (Å²) in [6.45, 7) is 4.08. The molecule has 15 heavy (non-hydrogen) atoms. The Hall–Kier alpha value is -1.42. The van der Waals surface area contributed by atoms with Crippen molar-refractivity contribution in [2.24, 2.45) is 0 Å². The average Bonchev–Trinajstić information content (AvgIpc) is 2.21. The largest absolute Gasteiger partial charge is 0.486 e. The van der Waals surface area contributed by atoms with Gasteiger partial charge in [-0.3, -0.25) is 0 Å². The van der Waals surface area contributed by atoms with Gasteiger partial charge in [0.2, 0.25) is 5.82 Å². The Morgan fingerprint density at radius 3 is 2.73 bits per heavy atom. The highest BCUT2D eigenvalue weighted by atomic mass is 19.2. The van der Waals surface area contributed by atoms with Crippen LogP contribution < -0.4 is 4.74 Å². The summed E-state index contributed by atoms with van der Waals surface area (Å²) >= 11 is 0. The summed E-state index contributed by atoms with van der Waals surface area (Å²) in [5.41, 5.74) is 0.654. The Morgan fingerprint density at radius 2 is 2.07 bits per heavy atom. The van der Waals surface area contributed by atoms with E-state index in [-0.39, 0.29) is 12.4 Å². The van der Waals surface area contributed by atoms with E-state index in [4.69, 9.17) is 9.47 Å². The van der Waals surface area contributed by atoms with Crippen LogP contribution in [-0.4, -0.2) is 20.3 Å². The van der Waals surface area contributed by atoms with Gasteiger partial charge >= 0.3 is 0 Å². The summed E-state index contributed by atoms with van der Waals surface area (Å²) in [7, 11) is 1.52. The van der Waals surface area contributed by atoms with Gasteiger partial charge in [0.15, 0.2) is 11.6 Å². The zero-order chi connectivity index (χ0) is 11.3. The van der Waals surface area contributed by atoms with E-state index in [2.05, 4.69) is 6.58 Å². The van der Waals surface area contributed by atoms with Crippen molar-refractivity contribution in [2.75, 3.05) is 20.3 Å². The standard InChI is InChI=1S/C11H12F2O2/c1-8(6-14-2)7-15-10-5-3-4-9(12)11(10)13/h3-5H,1,6-7H2,2H3. The second kappa shape index (κ2) is 5.46. The summed E-state index contributed by atoms with van der Waals surface area (Å²) in [6, 6.07) is 3.78. The van der Waals surface area contributed by atoms with Crippen LogP contribution in [0.3, 0.4) is 0 Å². The van der Waals surface area contributed by atoms with E-state index in [1.165, 1.54) is 19.2 Å². The van der Waals surface area contributed by atoms with Crippen molar-refractivity contribution < 1.29 is 18.3 Å². The zero-order valence-electron chi connectivity index (χ0n) is 8.43. The van der Waals surface area contributed by atoms with Gasteiger partial charge in [0.1, 0.15) is 6.61 Å². The van der Waals surface area contributed by atoms with Gasteiger partial charge in [-0.1, -0.05) is 12.6 Å². The van der Waals surface area contributed by atoms with Crippen LogP contribution in [0.15, 0.2) is 30.4 Å². The second-order valence-electron chi connectivity index (χ2n) is 3.02. The van der Waals surface area contributed by atoms with E-state index in [1.54, 1.807) is 0 Å². The lowest BCUT2D eigenvalue weighted by atomic mass is 10.3. The van der Waals surface area contributed by atoms with Gasteiger partial charge in [-0.15, -0.1) is 0 Å². The lowest BCUT2D eigenvalue weighted by Gasteiger charge is -2.08. The van der Waals surface area contributed by atoms with Gasteiger partial charge in [-0.05, 0) is 17.7 Å². The van der Waals surface area contributed by atoms with Crippen molar-refractivity contribution in [3.8, 4) is 5.75 Å². The zero-order valence-corrected chi connectivity index (χ0v) is 8.43. The summed E-state index contributed by atoms with van der Waals surface area (Å²) < 4.78 is 35.7. The molecule has 0 spiro atoms. The molecule has 0 aliphatic heterocycles. The van der Waals surface area contributed by atoms with E-state index in [0.29, 0.717) is 12.2 Å². The Bertz CT molecular complexity index is 350. The minimum Gasteiger partial charge on any atom is -0.486 e. The number of rotatable bonds is 5. The van der Waals surface area contributed by atoms with Crippen molar-refractivity contribution in [1.29, 1.82) is 0 Å². The van der Waals surface area contributed by atoms with Crippen LogP contribution in [0.5, 0.6) is 5.75 Å². The number of benzene rings is 1. The molecular weight excluding hydrogens is 202 g/mol. The normalized spacial score (nSPS) is 10.1. The van der Waals surface area contributed by atoms with E-state index in [1.807, 2.05) is 0 Å². The fourth-order valence-corrected chi connectivity index (χ4v) is 1.02. The topological polar surface area (TPSA) is 18.5 Å². The Labute approximate surface area is 87.1 Å². The summed E-state index contributed by atoms with van der Waals surface area (Å²) in [4.78, 5) is 0. The highest BCUT2D eigenvalue weighted by molar-refractivity contribution is 5.25. The molecule has 2 nitrogen and oxygen atoms in total. The van der Waals surface area contributed by atoms with Crippen LogP contribution in [0.25, 0.3) is 0 Å². The van der Waals surface area contributed by atoms with Crippen molar-refractivity contribution in [3.63, 3.8) is 0 Å². The first-order valence-corrected chi connectivity index (χ1v) is 4.37. The molecule has 1 rings (SSSR count). The summed E-state index contributed by atoms with van der Waals surface area (Å²) in [5.74, 6) is -2.03. The summed E-state index contributed by atoms with van der Waals surface area (Å²) in [6.07, 6.45) is 0. The number of ether oxygens (including phenoxy) is 2. The smallest absolute Gasteiger partial charge is 0.200 e. The fourth-order valence-electron chi connectivity index (χ4n) is 1.02. The molecule has 0 aliphatic rings. The maximum atomic E-state index is 13.1. The lowest BCUT2D eigenvalue weighted by molar-refractivity contribution is 0.210. The van der Waals surface area contributed by atoms with Gasteiger partial charge in [0.25, 0.3) is 0 Å². The molecule has 0 bridgehead atoms. The van der Waals surface area contributed by atoms with E-state index >= 15 is 0 Å². The number of methoxy groups -OCH3 is 1. The Morgan fingerprint density at radius 1 is 1.33 bits per heavy atom. The third-order valence-corrected chi connectivity index (χ3v) is 1.70. The number of halogens is 2. The molecule has 0 N–H and O–H groups in total. The monoisotopic (exact) mass is 214 g/mol. The Balaban J connectivity index is 2.58. The molecule has 0 unspecified atom stereocenters. The summed E-state index contributed by atoms with van der Waals surface area (Å²) in [5, 5.41) is 0. The molecule has 0 radical (unpaired) electrons. The maximum absolute atomic E-state index is 13.1. The molecular formula is C11H12F2O2. The highest BCUT2D eigenvalue weighted by Crippen LogP contribution is 2.19. The highest BCUT2D eigenvalue weighted by Gasteiger charge is 2.08. The number of hydrogen-bond acceptors (Lipinski definition) is 2. The molecule has 0 amide bonds. The van der Waals surface area contributed by atoms with Crippen molar-refractivity contribution in [1.82, 2.24) is 0 Å². The Kier molecular flexibility index (Phi) is 4.24. The molecule has 0 fully saturated rings. The predicted octanol–water partition coefficient (Wildman–Crippen LogP) is 2.55. The minimum atomic E-state index is -0.984. The van der Waals surface area contributed by atoms with Gasteiger partial charge in [-0.25, -0.2) is 4.39 Å². The first-order valence-electron chi connectivity index (χ1n) is 4.37. The molecule has 0 saturated carbocycles. The van der Waals surface area contributed by atoms with Gasteiger partial charge in [0, 0.05) is 7.11 Å². The van der Waals surface area contributed by atoms with Gasteiger partial charge < -0.3 is 9.47 Å². The lowest BCUT2D eigenvalue weighted by Crippen LogP contribution is -2.06. The molecule has 0 saturated heterocycles. The van der Waals surface area contributed by atoms with Crippen LogP contribution >= 0.6 is 0 Å². The molecule has 4 heteroatoms. The fraction of sp³-hybridized carbons (Fsp3) is 0.273. The van der Waals surface area contributed by atoms with Gasteiger partial charge in [-0.2, -0.15) is 4.39 Å². The van der Waals surface area contributed by atoms with E-state index in [9.17, 15) is 8.78 Å².